The lowest BCUT2D eigenvalue weighted by molar-refractivity contribution is -0.170. The highest BCUT2D eigenvalue weighted by Gasteiger charge is 2.58. The molecule has 0 aliphatic heterocycles. The summed E-state index contributed by atoms with van der Waals surface area (Å²) in [5.41, 5.74) is -1.13. The molecule has 0 aromatic heterocycles. The van der Waals surface area contributed by atoms with Crippen LogP contribution in [0.15, 0.2) is 0 Å². The summed E-state index contributed by atoms with van der Waals surface area (Å²) in [6.45, 7) is 5.96. The summed E-state index contributed by atoms with van der Waals surface area (Å²) in [5.74, 6) is -0.0616. The van der Waals surface area contributed by atoms with Gasteiger partial charge in [0, 0.05) is 5.41 Å². The van der Waals surface area contributed by atoms with Crippen LogP contribution in [0.5, 0.6) is 0 Å². The highest BCUT2D eigenvalue weighted by molar-refractivity contribution is 6.07. The molecule has 2 fully saturated rings. The van der Waals surface area contributed by atoms with Crippen molar-refractivity contribution in [3.63, 3.8) is 0 Å². The molecule has 3 heteroatoms. The molecule has 2 aliphatic carbocycles. The molecule has 0 aromatic rings. The monoisotopic (exact) mass is 252 g/mol. The van der Waals surface area contributed by atoms with E-state index in [-0.39, 0.29) is 23.1 Å². The van der Waals surface area contributed by atoms with E-state index in [9.17, 15) is 9.59 Å². The van der Waals surface area contributed by atoms with E-state index >= 15 is 0 Å². The van der Waals surface area contributed by atoms with Crippen LogP contribution >= 0.6 is 0 Å². The molecule has 0 bridgehead atoms. The van der Waals surface area contributed by atoms with Crippen molar-refractivity contribution in [1.29, 1.82) is 0 Å². The van der Waals surface area contributed by atoms with Crippen molar-refractivity contribution >= 4 is 11.8 Å². The molecule has 0 aromatic carbocycles. The highest BCUT2D eigenvalue weighted by Crippen LogP contribution is 2.54. The average molecular weight is 252 g/mol. The Balaban J connectivity index is 2.31. The Hall–Kier alpha value is -0.860. The summed E-state index contributed by atoms with van der Waals surface area (Å²) in [5, 5.41) is 0. The maximum atomic E-state index is 12.9. The molecule has 2 rings (SSSR count). The average Bonchev–Trinajstić information content (AvgIpc) is 2.82. The van der Waals surface area contributed by atoms with E-state index < -0.39 is 5.41 Å². The van der Waals surface area contributed by atoms with Crippen LogP contribution < -0.4 is 0 Å². The van der Waals surface area contributed by atoms with Crippen LogP contribution in [0.4, 0.5) is 0 Å². The molecule has 0 amide bonds. The minimum absolute atomic E-state index is 0.0928. The number of Topliss-reactive ketones (excluding diaryl/α,β-unsaturated/α-hetero) is 1. The SMILES string of the molecule is CCOC(=O)[C@]1(C)C(=O)C2(CCCC2)CC[C@@H]1C. The Morgan fingerprint density at radius 3 is 2.50 bits per heavy atom. The lowest BCUT2D eigenvalue weighted by Gasteiger charge is -2.45. The van der Waals surface area contributed by atoms with Crippen molar-refractivity contribution in [2.24, 2.45) is 16.7 Å². The first-order valence-corrected chi connectivity index (χ1v) is 7.19. The van der Waals surface area contributed by atoms with Gasteiger partial charge in [-0.3, -0.25) is 9.59 Å². The lowest BCUT2D eigenvalue weighted by atomic mass is 9.56. The second-order valence-electron chi connectivity index (χ2n) is 6.18. The summed E-state index contributed by atoms with van der Waals surface area (Å²) in [7, 11) is 0. The summed E-state index contributed by atoms with van der Waals surface area (Å²) in [6.07, 6.45) is 6.10. The van der Waals surface area contributed by atoms with Gasteiger partial charge in [0.05, 0.1) is 6.61 Å². The van der Waals surface area contributed by atoms with Crippen molar-refractivity contribution in [1.82, 2.24) is 0 Å². The third-order valence-electron chi connectivity index (χ3n) is 5.25. The zero-order chi connectivity index (χ0) is 13.4. The molecule has 18 heavy (non-hydrogen) atoms. The van der Waals surface area contributed by atoms with Gasteiger partial charge in [-0.25, -0.2) is 0 Å². The molecule has 0 saturated heterocycles. The molecule has 2 aliphatic rings. The molecule has 0 radical (unpaired) electrons. The fourth-order valence-electron chi connectivity index (χ4n) is 3.77. The number of carbonyl (C=O) groups is 2. The van der Waals surface area contributed by atoms with Gasteiger partial charge in [0.1, 0.15) is 5.41 Å². The van der Waals surface area contributed by atoms with Crippen LogP contribution in [0.1, 0.15) is 59.3 Å². The number of rotatable bonds is 2. The minimum Gasteiger partial charge on any atom is -0.465 e. The van der Waals surface area contributed by atoms with Gasteiger partial charge < -0.3 is 4.74 Å². The molecule has 3 nitrogen and oxygen atoms in total. The predicted molar refractivity (Wildman–Crippen MR) is 69.0 cm³/mol. The van der Waals surface area contributed by atoms with Gasteiger partial charge in [0.25, 0.3) is 0 Å². The number of hydrogen-bond donors (Lipinski definition) is 0. The van der Waals surface area contributed by atoms with E-state index in [1.165, 1.54) is 0 Å². The number of carbonyl (C=O) groups excluding carboxylic acids is 2. The summed E-state index contributed by atoms with van der Waals surface area (Å²) < 4.78 is 5.17. The normalized spacial score (nSPS) is 34.8. The van der Waals surface area contributed by atoms with Crippen molar-refractivity contribution in [3.8, 4) is 0 Å². The van der Waals surface area contributed by atoms with Crippen molar-refractivity contribution in [2.45, 2.75) is 59.3 Å². The van der Waals surface area contributed by atoms with Gasteiger partial charge in [0.15, 0.2) is 5.78 Å². The Labute approximate surface area is 109 Å². The van der Waals surface area contributed by atoms with Crippen LogP contribution in [-0.2, 0) is 14.3 Å². The van der Waals surface area contributed by atoms with Gasteiger partial charge in [0.2, 0.25) is 0 Å². The number of ether oxygens (including phenoxy) is 1. The molecule has 2 atom stereocenters. The number of esters is 1. The molecule has 0 N–H and O–H groups in total. The van der Waals surface area contributed by atoms with Crippen LogP contribution in [0.3, 0.4) is 0 Å². The second-order valence-corrected chi connectivity index (χ2v) is 6.18. The van der Waals surface area contributed by atoms with Gasteiger partial charge in [-0.2, -0.15) is 0 Å². The fourth-order valence-corrected chi connectivity index (χ4v) is 3.77. The Morgan fingerprint density at radius 1 is 1.33 bits per heavy atom. The van der Waals surface area contributed by atoms with E-state index in [1.807, 2.05) is 6.92 Å². The van der Waals surface area contributed by atoms with Gasteiger partial charge in [-0.05, 0) is 45.4 Å². The van der Waals surface area contributed by atoms with Gasteiger partial charge >= 0.3 is 5.97 Å². The topological polar surface area (TPSA) is 43.4 Å². The lowest BCUT2D eigenvalue weighted by Crippen LogP contribution is -2.53. The fraction of sp³-hybridized carbons (Fsp3) is 0.867. The first-order valence-electron chi connectivity index (χ1n) is 7.19. The highest BCUT2D eigenvalue weighted by atomic mass is 16.5. The largest absolute Gasteiger partial charge is 0.465 e. The van der Waals surface area contributed by atoms with E-state index in [4.69, 9.17) is 4.74 Å². The van der Waals surface area contributed by atoms with E-state index in [0.717, 1.165) is 38.5 Å². The summed E-state index contributed by atoms with van der Waals surface area (Å²) in [4.78, 5) is 25.1. The first-order chi connectivity index (χ1) is 8.47. The quantitative estimate of drug-likeness (QED) is 0.560. The van der Waals surface area contributed by atoms with E-state index in [1.54, 1.807) is 13.8 Å². The Kier molecular flexibility index (Phi) is 3.52. The van der Waals surface area contributed by atoms with Crippen LogP contribution in [0.2, 0.25) is 0 Å². The first kappa shape index (κ1) is 13.6. The van der Waals surface area contributed by atoms with Crippen LogP contribution in [-0.4, -0.2) is 18.4 Å². The van der Waals surface area contributed by atoms with E-state index in [0.29, 0.717) is 6.61 Å². The molecule has 0 heterocycles. The molecule has 0 unspecified atom stereocenters. The Bertz CT molecular complexity index is 355. The molecule has 2 saturated carbocycles. The summed E-state index contributed by atoms with van der Waals surface area (Å²) in [6, 6.07) is 0. The van der Waals surface area contributed by atoms with Crippen LogP contribution in [0.25, 0.3) is 0 Å². The molecule has 102 valence electrons. The van der Waals surface area contributed by atoms with Crippen molar-refractivity contribution in [2.75, 3.05) is 6.61 Å². The summed E-state index contributed by atoms with van der Waals surface area (Å²) >= 11 is 0. The maximum absolute atomic E-state index is 12.9. The second kappa shape index (κ2) is 4.67. The standard InChI is InChI=1S/C15H24O3/c1-4-18-13(17)14(3)11(2)7-10-15(12(14)16)8-5-6-9-15/h11H,4-10H2,1-3H3/t11-,14-/m0/s1. The third-order valence-corrected chi connectivity index (χ3v) is 5.25. The minimum atomic E-state index is -0.918. The zero-order valence-corrected chi connectivity index (χ0v) is 11.8. The van der Waals surface area contributed by atoms with Crippen molar-refractivity contribution in [3.05, 3.63) is 0 Å². The molecular weight excluding hydrogens is 228 g/mol. The van der Waals surface area contributed by atoms with E-state index in [2.05, 4.69) is 0 Å². The molecule has 1 spiro atoms. The molecular formula is C15H24O3. The predicted octanol–water partition coefficient (Wildman–Crippen LogP) is 3.12. The smallest absolute Gasteiger partial charge is 0.319 e. The third kappa shape index (κ3) is 1.79. The maximum Gasteiger partial charge on any atom is 0.319 e. The van der Waals surface area contributed by atoms with Crippen LogP contribution in [0, 0.1) is 16.7 Å². The van der Waals surface area contributed by atoms with Gasteiger partial charge in [-0.15, -0.1) is 0 Å². The number of hydrogen-bond acceptors (Lipinski definition) is 3. The van der Waals surface area contributed by atoms with Crippen molar-refractivity contribution < 1.29 is 14.3 Å². The zero-order valence-electron chi connectivity index (χ0n) is 11.8. The Morgan fingerprint density at radius 2 is 1.94 bits per heavy atom. The van der Waals surface area contributed by atoms with Gasteiger partial charge in [-0.1, -0.05) is 19.8 Å². The number of ketones is 1.